The summed E-state index contributed by atoms with van der Waals surface area (Å²) in [5.74, 6) is -1.25. The number of primary amides is 1. The Morgan fingerprint density at radius 2 is 1.70 bits per heavy atom. The maximum atomic E-state index is 12.8. The summed E-state index contributed by atoms with van der Waals surface area (Å²) >= 11 is 0. The molecule has 27 heavy (non-hydrogen) atoms. The molecule has 0 bridgehead atoms. The standard InChI is InChI=1S/C20H31N3O4/c1-6-13(2)16(23-19(26)27-20(3,4)5)18(25)22-15(17(21)24)12-14-10-8-7-9-11-14/h7-11,13,15-16H,6,12H2,1-5H3,(H2,21,24)(H,22,25)(H,23,26)/t13-,15+,16+/m0/s1. The van der Waals surface area contributed by atoms with Crippen molar-refractivity contribution in [3.05, 3.63) is 35.9 Å². The first-order valence-corrected chi connectivity index (χ1v) is 9.16. The SMILES string of the molecule is CC[C@H](C)[C@@H](NC(=O)OC(C)(C)C)C(=O)N[C@H](Cc1ccccc1)C(N)=O. The molecule has 0 spiro atoms. The molecule has 150 valence electrons. The quantitative estimate of drug-likeness (QED) is 0.644. The zero-order chi connectivity index (χ0) is 20.6. The van der Waals surface area contributed by atoms with Crippen molar-refractivity contribution in [2.75, 3.05) is 0 Å². The highest BCUT2D eigenvalue weighted by atomic mass is 16.6. The average Bonchev–Trinajstić information content (AvgIpc) is 2.57. The van der Waals surface area contributed by atoms with Crippen molar-refractivity contribution >= 4 is 17.9 Å². The zero-order valence-corrected chi connectivity index (χ0v) is 16.7. The molecule has 0 saturated carbocycles. The number of benzene rings is 1. The van der Waals surface area contributed by atoms with Gasteiger partial charge in [-0.05, 0) is 32.3 Å². The number of alkyl carbamates (subject to hydrolysis) is 1. The van der Waals surface area contributed by atoms with Gasteiger partial charge in [0.05, 0.1) is 0 Å². The van der Waals surface area contributed by atoms with Crippen LogP contribution in [-0.4, -0.2) is 35.6 Å². The van der Waals surface area contributed by atoms with Crippen molar-refractivity contribution in [1.82, 2.24) is 10.6 Å². The molecule has 0 aliphatic carbocycles. The minimum atomic E-state index is -0.869. The van der Waals surface area contributed by atoms with E-state index in [1.165, 1.54) is 0 Å². The minimum Gasteiger partial charge on any atom is -0.444 e. The normalized spacial score (nSPS) is 14.6. The Kier molecular flexibility index (Phi) is 8.28. The summed E-state index contributed by atoms with van der Waals surface area (Å²) in [4.78, 5) is 36.7. The average molecular weight is 377 g/mol. The first-order valence-electron chi connectivity index (χ1n) is 9.16. The van der Waals surface area contributed by atoms with Crippen LogP contribution in [0.25, 0.3) is 0 Å². The summed E-state index contributed by atoms with van der Waals surface area (Å²) in [6.07, 6.45) is 0.261. The fourth-order valence-electron chi connectivity index (χ4n) is 2.47. The van der Waals surface area contributed by atoms with Crippen LogP contribution in [-0.2, 0) is 20.7 Å². The third-order valence-electron chi connectivity index (χ3n) is 4.11. The Balaban J connectivity index is 2.86. The molecular formula is C20H31N3O4. The van der Waals surface area contributed by atoms with Crippen LogP contribution in [0.2, 0.25) is 0 Å². The van der Waals surface area contributed by atoms with Crippen LogP contribution in [0.3, 0.4) is 0 Å². The second kappa shape index (κ2) is 9.94. The zero-order valence-electron chi connectivity index (χ0n) is 16.7. The van der Waals surface area contributed by atoms with Gasteiger partial charge in [-0.15, -0.1) is 0 Å². The van der Waals surface area contributed by atoms with Crippen LogP contribution in [0.4, 0.5) is 4.79 Å². The van der Waals surface area contributed by atoms with Crippen LogP contribution < -0.4 is 16.4 Å². The van der Waals surface area contributed by atoms with Gasteiger partial charge in [-0.3, -0.25) is 9.59 Å². The summed E-state index contributed by atoms with van der Waals surface area (Å²) in [6.45, 7) is 8.99. The number of ether oxygens (including phenoxy) is 1. The van der Waals surface area contributed by atoms with Gasteiger partial charge in [0, 0.05) is 6.42 Å². The van der Waals surface area contributed by atoms with Gasteiger partial charge in [0.15, 0.2) is 0 Å². The van der Waals surface area contributed by atoms with E-state index in [2.05, 4.69) is 10.6 Å². The summed E-state index contributed by atoms with van der Waals surface area (Å²) in [7, 11) is 0. The number of nitrogens with two attached hydrogens (primary N) is 1. The second-order valence-electron chi connectivity index (χ2n) is 7.66. The van der Waals surface area contributed by atoms with Gasteiger partial charge in [-0.2, -0.15) is 0 Å². The largest absolute Gasteiger partial charge is 0.444 e. The number of hydrogen-bond donors (Lipinski definition) is 3. The monoisotopic (exact) mass is 377 g/mol. The number of rotatable bonds is 8. The Morgan fingerprint density at radius 3 is 2.19 bits per heavy atom. The summed E-state index contributed by atoms with van der Waals surface area (Å²) in [6, 6.07) is 7.57. The number of carbonyl (C=O) groups is 3. The highest BCUT2D eigenvalue weighted by molar-refractivity contribution is 5.91. The van der Waals surface area contributed by atoms with E-state index in [1.54, 1.807) is 20.8 Å². The van der Waals surface area contributed by atoms with E-state index in [-0.39, 0.29) is 12.3 Å². The lowest BCUT2D eigenvalue weighted by Gasteiger charge is -2.27. The lowest BCUT2D eigenvalue weighted by Crippen LogP contribution is -2.56. The van der Waals surface area contributed by atoms with E-state index in [0.717, 1.165) is 5.56 Å². The summed E-state index contributed by atoms with van der Waals surface area (Å²) in [5, 5.41) is 5.27. The van der Waals surface area contributed by atoms with E-state index < -0.39 is 35.6 Å². The maximum Gasteiger partial charge on any atom is 0.408 e. The van der Waals surface area contributed by atoms with Crippen LogP contribution in [0.1, 0.15) is 46.6 Å². The molecule has 0 heterocycles. The molecule has 0 aliphatic rings. The molecule has 0 aromatic heterocycles. The van der Waals surface area contributed by atoms with E-state index in [9.17, 15) is 14.4 Å². The van der Waals surface area contributed by atoms with Gasteiger partial charge in [0.25, 0.3) is 0 Å². The molecule has 7 nitrogen and oxygen atoms in total. The topological polar surface area (TPSA) is 111 Å². The van der Waals surface area contributed by atoms with E-state index in [4.69, 9.17) is 10.5 Å². The predicted octanol–water partition coefficient (Wildman–Crippen LogP) is 2.14. The second-order valence-corrected chi connectivity index (χ2v) is 7.66. The molecule has 3 atom stereocenters. The molecule has 0 aliphatic heterocycles. The molecule has 1 rings (SSSR count). The van der Waals surface area contributed by atoms with Gasteiger partial charge in [-0.25, -0.2) is 4.79 Å². The lowest BCUT2D eigenvalue weighted by molar-refractivity contribution is -0.129. The third-order valence-corrected chi connectivity index (χ3v) is 4.11. The number of nitrogens with one attached hydrogen (secondary N) is 2. The fourth-order valence-corrected chi connectivity index (χ4v) is 2.47. The molecule has 3 amide bonds. The summed E-state index contributed by atoms with van der Waals surface area (Å²) < 4.78 is 5.24. The van der Waals surface area contributed by atoms with Gasteiger partial charge in [0.1, 0.15) is 17.7 Å². The van der Waals surface area contributed by atoms with Gasteiger partial charge < -0.3 is 21.1 Å². The Hall–Kier alpha value is -2.57. The smallest absolute Gasteiger partial charge is 0.408 e. The Bertz CT molecular complexity index is 640. The predicted molar refractivity (Wildman–Crippen MR) is 104 cm³/mol. The fraction of sp³-hybridized carbons (Fsp3) is 0.550. The van der Waals surface area contributed by atoms with Crippen molar-refractivity contribution in [2.24, 2.45) is 11.7 Å². The third kappa shape index (κ3) is 8.11. The van der Waals surface area contributed by atoms with Crippen molar-refractivity contribution in [3.8, 4) is 0 Å². The first-order chi connectivity index (χ1) is 12.5. The van der Waals surface area contributed by atoms with Gasteiger partial charge in [0.2, 0.25) is 11.8 Å². The summed E-state index contributed by atoms with van der Waals surface area (Å²) in [5.41, 5.74) is 5.66. The van der Waals surface area contributed by atoms with E-state index >= 15 is 0 Å². The number of hydrogen-bond acceptors (Lipinski definition) is 4. The van der Waals surface area contributed by atoms with Crippen LogP contribution >= 0.6 is 0 Å². The highest BCUT2D eigenvalue weighted by Gasteiger charge is 2.30. The minimum absolute atomic E-state index is 0.150. The molecule has 4 N–H and O–H groups in total. The van der Waals surface area contributed by atoms with Crippen molar-refractivity contribution in [2.45, 2.75) is 65.1 Å². The Labute approximate surface area is 161 Å². The Morgan fingerprint density at radius 1 is 1.11 bits per heavy atom. The highest BCUT2D eigenvalue weighted by Crippen LogP contribution is 2.12. The number of amides is 3. The van der Waals surface area contributed by atoms with Gasteiger partial charge in [-0.1, -0.05) is 50.6 Å². The molecule has 0 unspecified atom stereocenters. The molecule has 7 heteroatoms. The lowest BCUT2D eigenvalue weighted by atomic mass is 9.97. The van der Waals surface area contributed by atoms with E-state index in [1.807, 2.05) is 44.2 Å². The molecular weight excluding hydrogens is 346 g/mol. The van der Waals surface area contributed by atoms with Crippen LogP contribution in [0.5, 0.6) is 0 Å². The van der Waals surface area contributed by atoms with Crippen molar-refractivity contribution in [1.29, 1.82) is 0 Å². The first kappa shape index (κ1) is 22.5. The van der Waals surface area contributed by atoms with Crippen LogP contribution in [0, 0.1) is 5.92 Å². The van der Waals surface area contributed by atoms with Crippen molar-refractivity contribution in [3.63, 3.8) is 0 Å². The maximum absolute atomic E-state index is 12.8. The molecule has 0 radical (unpaired) electrons. The number of carbonyl (C=O) groups excluding carboxylic acids is 3. The molecule has 1 aromatic carbocycles. The van der Waals surface area contributed by atoms with Crippen LogP contribution in [0.15, 0.2) is 30.3 Å². The van der Waals surface area contributed by atoms with Crippen molar-refractivity contribution < 1.29 is 19.1 Å². The molecule has 0 fully saturated rings. The molecule has 0 saturated heterocycles. The van der Waals surface area contributed by atoms with E-state index in [0.29, 0.717) is 6.42 Å². The molecule has 1 aromatic rings. The van der Waals surface area contributed by atoms with Gasteiger partial charge >= 0.3 is 6.09 Å².